The highest BCUT2D eigenvalue weighted by Gasteiger charge is 2.44. The molecule has 7 nitrogen and oxygen atoms in total. The molecule has 0 aliphatic heterocycles. The monoisotopic (exact) mass is 342 g/mol. The normalized spacial score (nSPS) is 11.9. The summed E-state index contributed by atoms with van der Waals surface area (Å²) in [5, 5.41) is 0. The summed E-state index contributed by atoms with van der Waals surface area (Å²) in [7, 11) is -3.05. The zero-order chi connectivity index (χ0) is 17.1. The SMILES string of the molecule is COc1cc(N(OC(=O)C(F)(F)F)S(C)(=O)=O)ccc1CN. The molecule has 0 aliphatic rings. The lowest BCUT2D eigenvalue weighted by molar-refractivity contribution is -0.199. The first kappa shape index (κ1) is 18.0. The molecular formula is C11H13F3N2O5S. The van der Waals surface area contributed by atoms with E-state index in [2.05, 4.69) is 4.84 Å². The molecule has 11 heteroatoms. The van der Waals surface area contributed by atoms with Crippen molar-refractivity contribution in [3.05, 3.63) is 23.8 Å². The van der Waals surface area contributed by atoms with Gasteiger partial charge in [0, 0.05) is 18.2 Å². The van der Waals surface area contributed by atoms with Crippen LogP contribution in [0.15, 0.2) is 18.2 Å². The van der Waals surface area contributed by atoms with Crippen molar-refractivity contribution < 1.29 is 36.0 Å². The Hall–Kier alpha value is -2.01. The van der Waals surface area contributed by atoms with Crippen molar-refractivity contribution in [2.75, 3.05) is 17.8 Å². The van der Waals surface area contributed by atoms with Gasteiger partial charge in [-0.3, -0.25) is 0 Å². The molecule has 0 unspecified atom stereocenters. The zero-order valence-corrected chi connectivity index (χ0v) is 12.4. The number of hydrogen-bond acceptors (Lipinski definition) is 6. The van der Waals surface area contributed by atoms with Crippen molar-refractivity contribution in [3.8, 4) is 5.75 Å². The average molecular weight is 342 g/mol. The van der Waals surface area contributed by atoms with Crippen LogP contribution in [0.4, 0.5) is 18.9 Å². The van der Waals surface area contributed by atoms with E-state index in [9.17, 15) is 26.4 Å². The van der Waals surface area contributed by atoms with E-state index in [0.29, 0.717) is 11.8 Å². The molecule has 1 rings (SSSR count). The molecular weight excluding hydrogens is 329 g/mol. The van der Waals surface area contributed by atoms with Gasteiger partial charge in [-0.2, -0.15) is 13.2 Å². The van der Waals surface area contributed by atoms with E-state index >= 15 is 0 Å². The molecule has 1 aromatic carbocycles. The third-order valence-electron chi connectivity index (χ3n) is 2.40. The number of methoxy groups -OCH3 is 1. The largest absolute Gasteiger partial charge is 0.496 e. The van der Waals surface area contributed by atoms with Gasteiger partial charge in [0.1, 0.15) is 5.75 Å². The molecule has 0 bridgehead atoms. The molecule has 0 fully saturated rings. The Morgan fingerprint density at radius 1 is 1.36 bits per heavy atom. The maximum absolute atomic E-state index is 12.2. The van der Waals surface area contributed by atoms with E-state index in [1.807, 2.05) is 0 Å². The van der Waals surface area contributed by atoms with E-state index in [-0.39, 0.29) is 22.5 Å². The van der Waals surface area contributed by atoms with E-state index in [1.165, 1.54) is 13.2 Å². The van der Waals surface area contributed by atoms with Gasteiger partial charge >= 0.3 is 12.1 Å². The van der Waals surface area contributed by atoms with Crippen LogP contribution in [0.2, 0.25) is 0 Å². The highest BCUT2D eigenvalue weighted by atomic mass is 32.2. The highest BCUT2D eigenvalue weighted by molar-refractivity contribution is 7.91. The molecule has 124 valence electrons. The second kappa shape index (κ2) is 6.40. The Kier molecular flexibility index (Phi) is 5.25. The van der Waals surface area contributed by atoms with Crippen LogP contribution in [-0.4, -0.2) is 33.9 Å². The van der Waals surface area contributed by atoms with Crippen LogP contribution in [0.1, 0.15) is 5.56 Å². The number of nitrogens with zero attached hydrogens (tertiary/aromatic N) is 1. The maximum Gasteiger partial charge on any atom is 0.493 e. The third-order valence-corrected chi connectivity index (χ3v) is 3.29. The van der Waals surface area contributed by atoms with Crippen LogP contribution >= 0.6 is 0 Å². The summed E-state index contributed by atoms with van der Waals surface area (Å²) in [5.74, 6) is -2.53. The fourth-order valence-electron chi connectivity index (χ4n) is 1.45. The molecule has 2 N–H and O–H groups in total. The number of carbonyl (C=O) groups excluding carboxylic acids is 1. The van der Waals surface area contributed by atoms with Crippen molar-refractivity contribution in [1.82, 2.24) is 0 Å². The predicted molar refractivity (Wildman–Crippen MR) is 70.4 cm³/mol. The van der Waals surface area contributed by atoms with Crippen LogP contribution in [0.3, 0.4) is 0 Å². The van der Waals surface area contributed by atoms with Crippen molar-refractivity contribution in [2.24, 2.45) is 5.73 Å². The predicted octanol–water partition coefficient (Wildman–Crippen LogP) is 0.940. The van der Waals surface area contributed by atoms with Crippen molar-refractivity contribution in [2.45, 2.75) is 12.7 Å². The second-order valence-corrected chi connectivity index (χ2v) is 5.86. The average Bonchev–Trinajstić information content (AvgIpc) is 2.41. The molecule has 0 radical (unpaired) electrons. The number of halogens is 3. The number of sulfonamides is 1. The molecule has 0 heterocycles. The summed E-state index contributed by atoms with van der Waals surface area (Å²) in [4.78, 5) is 14.8. The summed E-state index contributed by atoms with van der Waals surface area (Å²) in [5.41, 5.74) is 5.58. The van der Waals surface area contributed by atoms with Gasteiger partial charge in [0.25, 0.3) is 10.0 Å². The lowest BCUT2D eigenvalue weighted by Gasteiger charge is -2.22. The first-order valence-electron chi connectivity index (χ1n) is 5.67. The van der Waals surface area contributed by atoms with Gasteiger partial charge in [0.15, 0.2) is 0 Å². The van der Waals surface area contributed by atoms with E-state index < -0.39 is 22.2 Å². The number of nitrogens with two attached hydrogens (primary N) is 1. The van der Waals surface area contributed by atoms with Gasteiger partial charge in [0.05, 0.1) is 19.1 Å². The van der Waals surface area contributed by atoms with E-state index in [1.54, 1.807) is 0 Å². The molecule has 0 saturated carbocycles. The van der Waals surface area contributed by atoms with Gasteiger partial charge in [0.2, 0.25) is 0 Å². The first-order valence-corrected chi connectivity index (χ1v) is 7.52. The number of anilines is 1. The van der Waals surface area contributed by atoms with Gasteiger partial charge in [-0.1, -0.05) is 10.5 Å². The Balaban J connectivity index is 3.28. The van der Waals surface area contributed by atoms with Crippen LogP contribution in [0.5, 0.6) is 5.75 Å². The molecule has 22 heavy (non-hydrogen) atoms. The van der Waals surface area contributed by atoms with Crippen molar-refractivity contribution >= 4 is 21.7 Å². The smallest absolute Gasteiger partial charge is 0.493 e. The van der Waals surface area contributed by atoms with Gasteiger partial charge in [-0.25, -0.2) is 13.2 Å². The number of benzene rings is 1. The summed E-state index contributed by atoms with van der Waals surface area (Å²) in [6.45, 7) is 0.0602. The molecule has 0 atom stereocenters. The second-order valence-electron chi connectivity index (χ2n) is 4.07. The number of rotatable bonds is 5. The first-order chi connectivity index (χ1) is 10.0. The fourth-order valence-corrected chi connectivity index (χ4v) is 2.15. The molecule has 0 saturated heterocycles. The molecule has 0 aliphatic carbocycles. The Bertz CT molecular complexity index is 660. The van der Waals surface area contributed by atoms with Gasteiger partial charge in [-0.05, 0) is 6.07 Å². The minimum absolute atomic E-state index is 0.0602. The van der Waals surface area contributed by atoms with E-state index in [0.717, 1.165) is 12.1 Å². The number of carbonyl (C=O) groups is 1. The minimum atomic E-state index is -5.34. The van der Waals surface area contributed by atoms with Crippen molar-refractivity contribution in [1.29, 1.82) is 0 Å². The lowest BCUT2D eigenvalue weighted by atomic mass is 10.2. The Morgan fingerprint density at radius 3 is 2.36 bits per heavy atom. The number of hydrogen-bond donors (Lipinski definition) is 1. The van der Waals surface area contributed by atoms with E-state index in [4.69, 9.17) is 10.5 Å². The summed E-state index contributed by atoms with van der Waals surface area (Å²) in [6, 6.07) is 3.57. The maximum atomic E-state index is 12.2. The quantitative estimate of drug-likeness (QED) is 0.800. The summed E-state index contributed by atoms with van der Waals surface area (Å²) >= 11 is 0. The third kappa shape index (κ3) is 4.24. The topological polar surface area (TPSA) is 98.9 Å². The Morgan fingerprint density at radius 2 is 1.95 bits per heavy atom. The highest BCUT2D eigenvalue weighted by Crippen LogP contribution is 2.28. The number of ether oxygens (including phenoxy) is 1. The molecule has 0 amide bonds. The lowest BCUT2D eigenvalue weighted by Crippen LogP contribution is -2.38. The van der Waals surface area contributed by atoms with Gasteiger partial charge < -0.3 is 15.3 Å². The van der Waals surface area contributed by atoms with Crippen LogP contribution in [0, 0.1) is 0 Å². The van der Waals surface area contributed by atoms with Crippen LogP contribution < -0.4 is 14.9 Å². The number of alkyl halides is 3. The Labute approximate surface area is 124 Å². The summed E-state index contributed by atoms with van der Waals surface area (Å²) in [6.07, 6.45) is -4.76. The zero-order valence-electron chi connectivity index (χ0n) is 11.5. The molecule has 0 spiro atoms. The fraction of sp³-hybridized carbons (Fsp3) is 0.364. The standard InChI is InChI=1S/C11H13F3N2O5S/c1-20-9-5-8(4-3-7(9)6-15)16(22(2,18)19)21-10(17)11(12,13)14/h3-5H,6,15H2,1-2H3. The minimum Gasteiger partial charge on any atom is -0.496 e. The van der Waals surface area contributed by atoms with Crippen LogP contribution in [0.25, 0.3) is 0 Å². The summed E-state index contributed by atoms with van der Waals surface area (Å²) < 4.78 is 64.7. The molecule has 1 aromatic rings. The van der Waals surface area contributed by atoms with Crippen molar-refractivity contribution in [3.63, 3.8) is 0 Å². The van der Waals surface area contributed by atoms with Crippen LogP contribution in [-0.2, 0) is 26.2 Å². The molecule has 0 aromatic heterocycles. The van der Waals surface area contributed by atoms with Gasteiger partial charge in [-0.15, -0.1) is 0 Å².